The summed E-state index contributed by atoms with van der Waals surface area (Å²) in [7, 11) is 1.60. The highest BCUT2D eigenvalue weighted by molar-refractivity contribution is 6.31. The quantitative estimate of drug-likeness (QED) is 0.427. The number of fused-ring (bicyclic) bond motifs is 1. The van der Waals surface area contributed by atoms with Crippen LogP contribution in [0.3, 0.4) is 0 Å². The van der Waals surface area contributed by atoms with E-state index < -0.39 is 17.6 Å². The van der Waals surface area contributed by atoms with E-state index in [-0.39, 0.29) is 27.2 Å². The van der Waals surface area contributed by atoms with E-state index >= 15 is 0 Å². The van der Waals surface area contributed by atoms with E-state index in [9.17, 15) is 14.0 Å². The first-order valence-corrected chi connectivity index (χ1v) is 10.6. The average Bonchev–Trinajstić information content (AvgIpc) is 3.06. The van der Waals surface area contributed by atoms with Crippen LogP contribution in [0.4, 0.5) is 10.1 Å². The van der Waals surface area contributed by atoms with Crippen molar-refractivity contribution in [1.29, 1.82) is 0 Å². The number of pyridine rings is 1. The average molecular weight is 482 g/mol. The van der Waals surface area contributed by atoms with Crippen LogP contribution in [0.15, 0.2) is 42.5 Å². The number of rotatable bonds is 6. The lowest BCUT2D eigenvalue weighted by Crippen LogP contribution is -2.18. The van der Waals surface area contributed by atoms with Crippen molar-refractivity contribution in [3.05, 3.63) is 81.5 Å². The fourth-order valence-corrected chi connectivity index (χ4v) is 3.86. The fourth-order valence-electron chi connectivity index (χ4n) is 3.69. The zero-order valence-electron chi connectivity index (χ0n) is 18.6. The normalized spacial score (nSPS) is 11.0. The number of aryl methyl sites for hydroxylation is 1. The second-order valence-corrected chi connectivity index (χ2v) is 8.12. The summed E-state index contributed by atoms with van der Waals surface area (Å²) in [6.45, 7) is 4.08. The number of methoxy groups -OCH3 is 1. The Morgan fingerprint density at radius 1 is 1.21 bits per heavy atom. The molecule has 8 nitrogen and oxygen atoms in total. The maximum Gasteiger partial charge on any atom is 0.267 e. The number of carbonyl (C=O) groups excluding carboxylic acids is 2. The molecular weight excluding hydrogens is 461 g/mol. The van der Waals surface area contributed by atoms with Crippen LogP contribution in [-0.4, -0.2) is 33.7 Å². The van der Waals surface area contributed by atoms with Crippen molar-refractivity contribution in [2.24, 2.45) is 5.73 Å². The predicted octanol–water partition coefficient (Wildman–Crippen LogP) is 4.25. The SMILES string of the molecule is COc1cccc(Cn2nc(C)c(NC(=O)c3cc(C(N)=O)nc4cc(F)c(Cl)cc34)c2C)c1. The molecule has 34 heavy (non-hydrogen) atoms. The maximum atomic E-state index is 14.0. The first-order valence-electron chi connectivity index (χ1n) is 10.3. The molecule has 0 fully saturated rings. The Bertz CT molecular complexity index is 1450. The lowest BCUT2D eigenvalue weighted by molar-refractivity contribution is 0.0996. The first kappa shape index (κ1) is 23.2. The number of anilines is 1. The molecule has 3 N–H and O–H groups in total. The van der Waals surface area contributed by atoms with E-state index in [4.69, 9.17) is 22.1 Å². The summed E-state index contributed by atoms with van der Waals surface area (Å²) in [4.78, 5) is 29.1. The molecular formula is C24H21ClFN5O3. The Morgan fingerprint density at radius 3 is 2.68 bits per heavy atom. The second kappa shape index (κ2) is 9.11. The van der Waals surface area contributed by atoms with Crippen LogP contribution in [0, 0.1) is 19.7 Å². The van der Waals surface area contributed by atoms with Gasteiger partial charge in [0.1, 0.15) is 17.3 Å². The van der Waals surface area contributed by atoms with Crippen LogP contribution in [0.2, 0.25) is 5.02 Å². The van der Waals surface area contributed by atoms with Crippen LogP contribution < -0.4 is 15.8 Å². The molecule has 0 bridgehead atoms. The number of carbonyl (C=O) groups is 2. The number of nitrogens with one attached hydrogen (secondary N) is 1. The number of hydrogen-bond donors (Lipinski definition) is 2. The lowest BCUT2D eigenvalue weighted by atomic mass is 10.1. The zero-order valence-corrected chi connectivity index (χ0v) is 19.4. The monoisotopic (exact) mass is 481 g/mol. The minimum Gasteiger partial charge on any atom is -0.497 e. The number of amides is 2. The van der Waals surface area contributed by atoms with E-state index in [2.05, 4.69) is 15.4 Å². The smallest absolute Gasteiger partial charge is 0.267 e. The van der Waals surface area contributed by atoms with E-state index in [1.807, 2.05) is 31.2 Å². The topological polar surface area (TPSA) is 112 Å². The first-order chi connectivity index (χ1) is 16.2. The lowest BCUT2D eigenvalue weighted by Gasteiger charge is -2.11. The van der Waals surface area contributed by atoms with Gasteiger partial charge in [-0.05, 0) is 43.7 Å². The second-order valence-electron chi connectivity index (χ2n) is 7.71. The van der Waals surface area contributed by atoms with Gasteiger partial charge >= 0.3 is 0 Å². The summed E-state index contributed by atoms with van der Waals surface area (Å²) >= 11 is 5.93. The third-order valence-corrected chi connectivity index (χ3v) is 5.72. The molecule has 0 spiro atoms. The predicted molar refractivity (Wildman–Crippen MR) is 127 cm³/mol. The highest BCUT2D eigenvalue weighted by Gasteiger charge is 2.20. The molecule has 2 aromatic heterocycles. The summed E-state index contributed by atoms with van der Waals surface area (Å²) in [5.74, 6) is -1.37. The molecule has 10 heteroatoms. The van der Waals surface area contributed by atoms with Gasteiger partial charge in [0.15, 0.2) is 0 Å². The standard InChI is InChI=1S/C24H21ClFN5O3/c1-12-22(13(2)31(30-12)11-14-5-4-6-15(7-14)34-3)29-24(33)17-9-21(23(27)32)28-20-10-19(26)18(25)8-16(17)20/h4-10H,11H2,1-3H3,(H2,27,32)(H,29,33). The van der Waals surface area contributed by atoms with E-state index in [1.165, 1.54) is 12.1 Å². The summed E-state index contributed by atoms with van der Waals surface area (Å²) in [5, 5.41) is 7.51. The number of nitrogens with two attached hydrogens (primary N) is 1. The van der Waals surface area contributed by atoms with E-state index in [0.717, 1.165) is 23.1 Å². The van der Waals surface area contributed by atoms with Crippen molar-refractivity contribution < 1.29 is 18.7 Å². The third-order valence-electron chi connectivity index (χ3n) is 5.43. The van der Waals surface area contributed by atoms with Crippen LogP contribution in [0.25, 0.3) is 10.9 Å². The van der Waals surface area contributed by atoms with Crippen molar-refractivity contribution >= 4 is 40.0 Å². The van der Waals surface area contributed by atoms with Crippen molar-refractivity contribution in [2.75, 3.05) is 12.4 Å². The highest BCUT2D eigenvalue weighted by atomic mass is 35.5. The molecule has 0 unspecified atom stereocenters. The van der Waals surface area contributed by atoms with Gasteiger partial charge in [-0.1, -0.05) is 23.7 Å². The van der Waals surface area contributed by atoms with Crippen LogP contribution in [0.1, 0.15) is 37.8 Å². The molecule has 2 amide bonds. The zero-order chi connectivity index (χ0) is 24.6. The molecule has 4 rings (SSSR count). The van der Waals surface area contributed by atoms with Gasteiger partial charge in [-0.3, -0.25) is 14.3 Å². The van der Waals surface area contributed by atoms with Crippen molar-refractivity contribution in [3.8, 4) is 5.75 Å². The highest BCUT2D eigenvalue weighted by Crippen LogP contribution is 2.28. The molecule has 174 valence electrons. The van der Waals surface area contributed by atoms with Gasteiger partial charge in [0.2, 0.25) is 0 Å². The molecule has 0 atom stereocenters. The number of hydrogen-bond acceptors (Lipinski definition) is 5. The Labute approximate surface area is 199 Å². The molecule has 0 saturated heterocycles. The van der Waals surface area contributed by atoms with E-state index in [1.54, 1.807) is 18.7 Å². The molecule has 0 aliphatic carbocycles. The Balaban J connectivity index is 1.70. The van der Waals surface area contributed by atoms with Crippen molar-refractivity contribution in [2.45, 2.75) is 20.4 Å². The van der Waals surface area contributed by atoms with Gasteiger partial charge in [0.05, 0.1) is 46.8 Å². The largest absolute Gasteiger partial charge is 0.497 e. The van der Waals surface area contributed by atoms with Crippen LogP contribution in [0.5, 0.6) is 5.75 Å². The third kappa shape index (κ3) is 4.42. The fraction of sp³-hybridized carbons (Fsp3) is 0.167. The summed E-state index contributed by atoms with van der Waals surface area (Å²) in [6.07, 6.45) is 0. The Morgan fingerprint density at radius 2 is 1.97 bits per heavy atom. The van der Waals surface area contributed by atoms with E-state index in [0.29, 0.717) is 17.9 Å². The summed E-state index contributed by atoms with van der Waals surface area (Å²) < 4.78 is 21.0. The molecule has 2 heterocycles. The van der Waals surface area contributed by atoms with Crippen molar-refractivity contribution in [1.82, 2.24) is 14.8 Å². The van der Waals surface area contributed by atoms with Crippen LogP contribution in [-0.2, 0) is 6.54 Å². The van der Waals surface area contributed by atoms with Gasteiger partial charge in [0, 0.05) is 11.5 Å². The summed E-state index contributed by atoms with van der Waals surface area (Å²) in [5.41, 5.74) is 8.20. The van der Waals surface area contributed by atoms with Gasteiger partial charge in [-0.15, -0.1) is 0 Å². The van der Waals surface area contributed by atoms with Gasteiger partial charge in [0.25, 0.3) is 11.8 Å². The maximum absolute atomic E-state index is 14.0. The molecule has 4 aromatic rings. The molecule has 2 aromatic carbocycles. The molecule has 0 aliphatic heterocycles. The number of aromatic nitrogens is 3. The van der Waals surface area contributed by atoms with Gasteiger partial charge < -0.3 is 15.8 Å². The number of benzene rings is 2. The number of halogens is 2. The molecule has 0 aliphatic rings. The minimum absolute atomic E-state index is 0.0834. The van der Waals surface area contributed by atoms with Gasteiger partial charge in [-0.25, -0.2) is 9.37 Å². The number of primary amides is 1. The van der Waals surface area contributed by atoms with Gasteiger partial charge in [-0.2, -0.15) is 5.10 Å². The molecule has 0 radical (unpaired) electrons. The summed E-state index contributed by atoms with van der Waals surface area (Å²) in [6, 6.07) is 11.2. The Hall–Kier alpha value is -3.98. The minimum atomic E-state index is -0.843. The molecule has 0 saturated carbocycles. The van der Waals surface area contributed by atoms with Crippen LogP contribution >= 0.6 is 11.6 Å². The van der Waals surface area contributed by atoms with Crippen molar-refractivity contribution in [3.63, 3.8) is 0 Å². The Kier molecular flexibility index (Phi) is 6.21. The number of ether oxygens (including phenoxy) is 1. The number of nitrogens with zero attached hydrogens (tertiary/aromatic N) is 3.